The Bertz CT molecular complexity index is 950. The number of likely N-dealkylation sites (tertiary alicyclic amines) is 1. The van der Waals surface area contributed by atoms with Crippen molar-refractivity contribution < 1.29 is 9.53 Å². The smallest absolute Gasteiger partial charge is 0.254 e. The second-order valence-corrected chi connectivity index (χ2v) is 7.21. The van der Waals surface area contributed by atoms with Gasteiger partial charge in [0.2, 0.25) is 0 Å². The largest absolute Gasteiger partial charge is 0.497 e. The van der Waals surface area contributed by atoms with Crippen molar-refractivity contribution in [3.8, 4) is 5.75 Å². The van der Waals surface area contributed by atoms with Crippen LogP contribution in [0.3, 0.4) is 0 Å². The zero-order valence-electron chi connectivity index (χ0n) is 14.7. The van der Waals surface area contributed by atoms with Crippen LogP contribution in [0, 0.1) is 0 Å². The fourth-order valence-electron chi connectivity index (χ4n) is 3.70. The number of aromatic amines is 1. The second kappa shape index (κ2) is 7.04. The molecule has 26 heavy (non-hydrogen) atoms. The van der Waals surface area contributed by atoms with E-state index in [-0.39, 0.29) is 5.91 Å². The highest BCUT2D eigenvalue weighted by molar-refractivity contribution is 6.31. The molecule has 0 bridgehead atoms. The van der Waals surface area contributed by atoms with Gasteiger partial charge in [0.1, 0.15) is 5.75 Å². The number of aromatic nitrogens is 1. The molecule has 0 saturated carbocycles. The first-order valence-corrected chi connectivity index (χ1v) is 9.23. The summed E-state index contributed by atoms with van der Waals surface area (Å²) in [4.78, 5) is 18.3. The first kappa shape index (κ1) is 17.0. The molecule has 134 valence electrons. The lowest BCUT2D eigenvalue weighted by Gasteiger charge is -2.32. The van der Waals surface area contributed by atoms with Crippen LogP contribution in [0.5, 0.6) is 5.75 Å². The van der Waals surface area contributed by atoms with Gasteiger partial charge in [-0.15, -0.1) is 0 Å². The van der Waals surface area contributed by atoms with Crippen LogP contribution >= 0.6 is 11.6 Å². The van der Waals surface area contributed by atoms with Crippen molar-refractivity contribution in [2.24, 2.45) is 0 Å². The van der Waals surface area contributed by atoms with Crippen molar-refractivity contribution in [3.05, 3.63) is 64.8 Å². The molecule has 4 nitrogen and oxygen atoms in total. The van der Waals surface area contributed by atoms with Crippen LogP contribution in [0.25, 0.3) is 10.9 Å². The predicted octanol–water partition coefficient (Wildman–Crippen LogP) is 4.85. The van der Waals surface area contributed by atoms with Crippen molar-refractivity contribution >= 4 is 28.4 Å². The third-order valence-corrected chi connectivity index (χ3v) is 5.30. The van der Waals surface area contributed by atoms with E-state index >= 15 is 0 Å². The maximum atomic E-state index is 12.9. The van der Waals surface area contributed by atoms with Crippen LogP contribution in [0.4, 0.5) is 0 Å². The summed E-state index contributed by atoms with van der Waals surface area (Å²) in [6.45, 7) is 1.51. The van der Waals surface area contributed by atoms with Crippen molar-refractivity contribution in [1.29, 1.82) is 0 Å². The van der Waals surface area contributed by atoms with Crippen LogP contribution in [0.1, 0.15) is 34.8 Å². The van der Waals surface area contributed by atoms with Crippen molar-refractivity contribution in [2.75, 3.05) is 20.2 Å². The molecule has 1 aromatic heterocycles. The Hall–Kier alpha value is -2.46. The Balaban J connectivity index is 1.55. The highest BCUT2D eigenvalue weighted by Gasteiger charge is 2.26. The zero-order chi connectivity index (χ0) is 18.1. The number of carbonyl (C=O) groups excluding carboxylic acids is 1. The van der Waals surface area contributed by atoms with Crippen molar-refractivity contribution in [3.63, 3.8) is 0 Å². The first-order chi connectivity index (χ1) is 12.6. The molecule has 1 aliphatic rings. The minimum Gasteiger partial charge on any atom is -0.497 e. The number of hydrogen-bond acceptors (Lipinski definition) is 2. The molecule has 0 spiro atoms. The van der Waals surface area contributed by atoms with Gasteiger partial charge in [0.05, 0.1) is 7.11 Å². The van der Waals surface area contributed by atoms with Gasteiger partial charge in [-0.05, 0) is 55.3 Å². The molecule has 0 radical (unpaired) electrons. The normalized spacial score (nSPS) is 17.5. The lowest BCUT2D eigenvalue weighted by Crippen LogP contribution is -2.39. The molecule has 1 saturated heterocycles. The van der Waals surface area contributed by atoms with Gasteiger partial charge in [-0.2, -0.15) is 0 Å². The van der Waals surface area contributed by atoms with Gasteiger partial charge in [0.25, 0.3) is 5.91 Å². The Kier molecular flexibility index (Phi) is 4.60. The summed E-state index contributed by atoms with van der Waals surface area (Å²) < 4.78 is 5.24. The van der Waals surface area contributed by atoms with E-state index in [1.165, 1.54) is 5.69 Å². The zero-order valence-corrected chi connectivity index (χ0v) is 15.4. The minimum absolute atomic E-state index is 0.0627. The first-order valence-electron chi connectivity index (χ1n) is 8.85. The number of methoxy groups -OCH3 is 1. The number of halogens is 1. The topological polar surface area (TPSA) is 45.3 Å². The molecule has 1 aliphatic heterocycles. The van der Waals surface area contributed by atoms with Gasteiger partial charge in [0, 0.05) is 46.2 Å². The highest BCUT2D eigenvalue weighted by Crippen LogP contribution is 2.30. The molecule has 5 heteroatoms. The van der Waals surface area contributed by atoms with Gasteiger partial charge < -0.3 is 14.6 Å². The number of hydrogen-bond donors (Lipinski definition) is 1. The van der Waals surface area contributed by atoms with E-state index in [0.29, 0.717) is 17.2 Å². The fraction of sp³-hybridized carbons (Fsp3) is 0.286. The van der Waals surface area contributed by atoms with E-state index in [2.05, 4.69) is 11.1 Å². The summed E-state index contributed by atoms with van der Waals surface area (Å²) in [6, 6.07) is 15.4. The SMILES string of the molecule is COc1cccc(C(=O)N2CCCC(c3cc4cc(Cl)ccc4[nH]3)C2)c1. The number of benzene rings is 2. The van der Waals surface area contributed by atoms with Crippen LogP contribution in [0.2, 0.25) is 5.02 Å². The molecule has 2 heterocycles. The number of nitrogens with zero attached hydrogens (tertiary/aromatic N) is 1. The molecule has 3 aromatic rings. The summed E-state index contributed by atoms with van der Waals surface area (Å²) in [5.41, 5.74) is 2.93. The van der Waals surface area contributed by atoms with Crippen LogP contribution in [-0.2, 0) is 0 Å². The van der Waals surface area contributed by atoms with Crippen LogP contribution < -0.4 is 4.74 Å². The number of rotatable bonds is 3. The molecular weight excluding hydrogens is 348 g/mol. The molecule has 1 amide bonds. The maximum Gasteiger partial charge on any atom is 0.254 e. The van der Waals surface area contributed by atoms with Gasteiger partial charge in [-0.3, -0.25) is 4.79 Å². The molecule has 1 fully saturated rings. The van der Waals surface area contributed by atoms with E-state index in [1.54, 1.807) is 13.2 Å². The minimum atomic E-state index is 0.0627. The summed E-state index contributed by atoms with van der Waals surface area (Å²) >= 11 is 6.09. The summed E-state index contributed by atoms with van der Waals surface area (Å²) in [7, 11) is 1.61. The molecule has 1 atom stereocenters. The molecule has 1 unspecified atom stereocenters. The van der Waals surface area contributed by atoms with E-state index in [0.717, 1.165) is 41.9 Å². The lowest BCUT2D eigenvalue weighted by atomic mass is 9.94. The Morgan fingerprint density at radius 2 is 2.12 bits per heavy atom. The molecule has 4 rings (SSSR count). The molecule has 1 N–H and O–H groups in total. The standard InChI is InChI=1S/C21H21ClN2O2/c1-26-18-6-2-4-14(11-18)21(25)24-9-3-5-15(13-24)20-12-16-10-17(22)7-8-19(16)23-20/h2,4,6-8,10-12,15,23H,3,5,9,13H2,1H3. The van der Waals surface area contributed by atoms with Crippen molar-refractivity contribution in [2.45, 2.75) is 18.8 Å². The third-order valence-electron chi connectivity index (χ3n) is 5.07. The highest BCUT2D eigenvalue weighted by atomic mass is 35.5. The number of piperidine rings is 1. The Morgan fingerprint density at radius 3 is 2.96 bits per heavy atom. The lowest BCUT2D eigenvalue weighted by molar-refractivity contribution is 0.0706. The van der Waals surface area contributed by atoms with E-state index in [9.17, 15) is 4.79 Å². The average Bonchev–Trinajstić information content (AvgIpc) is 3.11. The monoisotopic (exact) mass is 368 g/mol. The Labute approximate surface area is 157 Å². The number of ether oxygens (including phenoxy) is 1. The van der Waals surface area contributed by atoms with Crippen molar-refractivity contribution in [1.82, 2.24) is 9.88 Å². The van der Waals surface area contributed by atoms with E-state index in [1.807, 2.05) is 41.3 Å². The van der Waals surface area contributed by atoms with E-state index in [4.69, 9.17) is 16.3 Å². The second-order valence-electron chi connectivity index (χ2n) is 6.78. The molecular formula is C21H21ClN2O2. The molecule has 2 aromatic carbocycles. The average molecular weight is 369 g/mol. The predicted molar refractivity (Wildman–Crippen MR) is 104 cm³/mol. The quantitative estimate of drug-likeness (QED) is 0.718. The summed E-state index contributed by atoms with van der Waals surface area (Å²) in [6.07, 6.45) is 2.07. The summed E-state index contributed by atoms with van der Waals surface area (Å²) in [5, 5.41) is 1.85. The van der Waals surface area contributed by atoms with Gasteiger partial charge >= 0.3 is 0 Å². The van der Waals surface area contributed by atoms with Gasteiger partial charge in [-0.25, -0.2) is 0 Å². The molecule has 0 aliphatic carbocycles. The summed E-state index contributed by atoms with van der Waals surface area (Å²) in [5.74, 6) is 1.08. The van der Waals surface area contributed by atoms with E-state index < -0.39 is 0 Å². The third kappa shape index (κ3) is 3.29. The number of fused-ring (bicyclic) bond motifs is 1. The number of amides is 1. The number of carbonyl (C=O) groups is 1. The fourth-order valence-corrected chi connectivity index (χ4v) is 3.88. The number of nitrogens with one attached hydrogen (secondary N) is 1. The van der Waals surface area contributed by atoms with Gasteiger partial charge in [0.15, 0.2) is 0 Å². The Morgan fingerprint density at radius 1 is 1.23 bits per heavy atom. The van der Waals surface area contributed by atoms with Crippen LogP contribution in [-0.4, -0.2) is 36.0 Å². The maximum absolute atomic E-state index is 12.9. The number of H-pyrrole nitrogens is 1. The van der Waals surface area contributed by atoms with Crippen LogP contribution in [0.15, 0.2) is 48.5 Å². The van der Waals surface area contributed by atoms with Gasteiger partial charge in [-0.1, -0.05) is 17.7 Å².